The van der Waals surface area contributed by atoms with Crippen LogP contribution in [0.3, 0.4) is 0 Å². The van der Waals surface area contributed by atoms with E-state index in [1.165, 1.54) is 0 Å². The van der Waals surface area contributed by atoms with Gasteiger partial charge in [-0.15, -0.1) is 0 Å². The second-order valence-corrected chi connectivity index (χ2v) is 5.80. The van der Waals surface area contributed by atoms with Gasteiger partial charge in [0, 0.05) is 17.4 Å². The minimum Gasteiger partial charge on any atom is -0.494 e. The van der Waals surface area contributed by atoms with Gasteiger partial charge in [0.25, 0.3) is 0 Å². The van der Waals surface area contributed by atoms with Crippen molar-refractivity contribution in [2.75, 3.05) is 23.8 Å². The number of hydrogen-bond donors (Lipinski definition) is 2. The molecular weight excluding hydrogens is 340 g/mol. The highest BCUT2D eigenvalue weighted by atomic mass is 16.5. The van der Waals surface area contributed by atoms with E-state index in [9.17, 15) is 4.79 Å². The molecule has 5 nitrogen and oxygen atoms in total. The number of hydrogen-bond acceptors (Lipinski definition) is 4. The molecule has 5 heteroatoms. The number of carbonyl (C=O) groups is 1. The van der Waals surface area contributed by atoms with Gasteiger partial charge in [0.2, 0.25) is 5.91 Å². The van der Waals surface area contributed by atoms with Crippen molar-refractivity contribution in [1.29, 1.82) is 0 Å². The lowest BCUT2D eigenvalue weighted by Crippen LogP contribution is -2.21. The van der Waals surface area contributed by atoms with Crippen LogP contribution < -0.4 is 20.1 Å². The first-order valence-electron chi connectivity index (χ1n) is 8.82. The highest BCUT2D eigenvalue weighted by Gasteiger charge is 2.04. The van der Waals surface area contributed by atoms with Crippen molar-refractivity contribution < 1.29 is 14.3 Å². The number of amides is 1. The molecule has 0 aromatic heterocycles. The van der Waals surface area contributed by atoms with Crippen LogP contribution in [0.1, 0.15) is 6.92 Å². The van der Waals surface area contributed by atoms with Crippen LogP contribution in [0, 0.1) is 0 Å². The predicted molar refractivity (Wildman–Crippen MR) is 108 cm³/mol. The molecule has 0 unspecified atom stereocenters. The highest BCUT2D eigenvalue weighted by Crippen LogP contribution is 2.22. The standard InChI is InChI=1S/C22H22N2O3/c1-2-26-21-10-6-7-18(15-21)23-16-22(25)24-17-11-13-20(14-12-17)27-19-8-4-3-5-9-19/h3-15,23H,2,16H2,1H3,(H,24,25). The van der Waals surface area contributed by atoms with E-state index in [0.29, 0.717) is 18.0 Å². The molecule has 0 saturated carbocycles. The molecule has 0 fully saturated rings. The minimum absolute atomic E-state index is 0.131. The summed E-state index contributed by atoms with van der Waals surface area (Å²) in [5.74, 6) is 2.13. The van der Waals surface area contributed by atoms with Crippen LogP contribution in [0.15, 0.2) is 78.9 Å². The maximum absolute atomic E-state index is 12.1. The van der Waals surface area contributed by atoms with Crippen LogP contribution in [0.2, 0.25) is 0 Å². The third-order valence-electron chi connectivity index (χ3n) is 3.72. The van der Waals surface area contributed by atoms with Crippen LogP contribution in [-0.4, -0.2) is 19.1 Å². The molecule has 0 radical (unpaired) electrons. The fourth-order valence-electron chi connectivity index (χ4n) is 2.48. The van der Waals surface area contributed by atoms with E-state index in [-0.39, 0.29) is 12.5 Å². The van der Waals surface area contributed by atoms with Gasteiger partial charge in [0.05, 0.1) is 13.2 Å². The smallest absolute Gasteiger partial charge is 0.243 e. The predicted octanol–water partition coefficient (Wildman–Crippen LogP) is 4.93. The number of para-hydroxylation sites is 1. The first kappa shape index (κ1) is 18.3. The zero-order valence-corrected chi connectivity index (χ0v) is 15.1. The quantitative estimate of drug-likeness (QED) is 0.597. The van der Waals surface area contributed by atoms with Gasteiger partial charge in [-0.25, -0.2) is 0 Å². The zero-order valence-electron chi connectivity index (χ0n) is 15.1. The summed E-state index contributed by atoms with van der Waals surface area (Å²) in [6.07, 6.45) is 0. The van der Waals surface area contributed by atoms with Crippen molar-refractivity contribution in [2.24, 2.45) is 0 Å². The second-order valence-electron chi connectivity index (χ2n) is 5.80. The number of benzene rings is 3. The molecule has 0 aliphatic rings. The van der Waals surface area contributed by atoms with Crippen molar-refractivity contribution >= 4 is 17.3 Å². The van der Waals surface area contributed by atoms with E-state index in [0.717, 1.165) is 17.2 Å². The summed E-state index contributed by atoms with van der Waals surface area (Å²) in [5, 5.41) is 5.95. The maximum atomic E-state index is 12.1. The van der Waals surface area contributed by atoms with Gasteiger partial charge >= 0.3 is 0 Å². The fraction of sp³-hybridized carbons (Fsp3) is 0.136. The summed E-state index contributed by atoms with van der Waals surface area (Å²) in [5.41, 5.74) is 1.55. The van der Waals surface area contributed by atoms with Gasteiger partial charge in [-0.3, -0.25) is 4.79 Å². The molecule has 3 aromatic rings. The Balaban J connectivity index is 1.50. The van der Waals surface area contributed by atoms with Gasteiger partial charge in [-0.05, 0) is 55.5 Å². The number of ether oxygens (including phenoxy) is 2. The van der Waals surface area contributed by atoms with Gasteiger partial charge in [0.15, 0.2) is 0 Å². The Morgan fingerprint density at radius 3 is 2.26 bits per heavy atom. The Morgan fingerprint density at radius 2 is 1.52 bits per heavy atom. The van der Waals surface area contributed by atoms with E-state index in [2.05, 4.69) is 10.6 Å². The van der Waals surface area contributed by atoms with Gasteiger partial charge < -0.3 is 20.1 Å². The molecule has 2 N–H and O–H groups in total. The molecule has 138 valence electrons. The van der Waals surface area contributed by atoms with Gasteiger partial charge in [0.1, 0.15) is 17.2 Å². The molecule has 0 heterocycles. The van der Waals surface area contributed by atoms with Crippen LogP contribution in [0.5, 0.6) is 17.2 Å². The topological polar surface area (TPSA) is 59.6 Å². The molecule has 0 atom stereocenters. The van der Waals surface area contributed by atoms with Crippen LogP contribution in [0.4, 0.5) is 11.4 Å². The molecule has 0 aliphatic carbocycles. The SMILES string of the molecule is CCOc1cccc(NCC(=O)Nc2ccc(Oc3ccccc3)cc2)c1. The second kappa shape index (κ2) is 9.29. The lowest BCUT2D eigenvalue weighted by atomic mass is 10.3. The Hall–Kier alpha value is -3.47. The van der Waals surface area contributed by atoms with Crippen LogP contribution >= 0.6 is 0 Å². The molecule has 3 rings (SSSR count). The summed E-state index contributed by atoms with van der Waals surface area (Å²) < 4.78 is 11.2. The third kappa shape index (κ3) is 5.78. The van der Waals surface area contributed by atoms with E-state index >= 15 is 0 Å². The summed E-state index contributed by atoms with van der Waals surface area (Å²) in [6, 6.07) is 24.3. The molecule has 3 aromatic carbocycles. The van der Waals surface area contributed by atoms with Crippen LogP contribution in [-0.2, 0) is 4.79 Å². The summed E-state index contributed by atoms with van der Waals surface area (Å²) in [4.78, 5) is 12.1. The van der Waals surface area contributed by atoms with Gasteiger partial charge in [-0.1, -0.05) is 24.3 Å². The Labute approximate surface area is 158 Å². The van der Waals surface area contributed by atoms with E-state index in [1.54, 1.807) is 0 Å². The van der Waals surface area contributed by atoms with Crippen molar-refractivity contribution in [1.82, 2.24) is 0 Å². The largest absolute Gasteiger partial charge is 0.494 e. The Kier molecular flexibility index (Phi) is 6.30. The number of nitrogens with one attached hydrogen (secondary N) is 2. The highest BCUT2D eigenvalue weighted by molar-refractivity contribution is 5.93. The maximum Gasteiger partial charge on any atom is 0.243 e. The first-order valence-corrected chi connectivity index (χ1v) is 8.82. The van der Waals surface area contributed by atoms with Crippen molar-refractivity contribution in [2.45, 2.75) is 6.92 Å². The van der Waals surface area contributed by atoms with Crippen molar-refractivity contribution in [3.63, 3.8) is 0 Å². The molecule has 0 spiro atoms. The molecule has 0 bridgehead atoms. The minimum atomic E-state index is -0.131. The lowest BCUT2D eigenvalue weighted by molar-refractivity contribution is -0.114. The average Bonchev–Trinajstić information content (AvgIpc) is 2.69. The van der Waals surface area contributed by atoms with Gasteiger partial charge in [-0.2, -0.15) is 0 Å². The summed E-state index contributed by atoms with van der Waals surface area (Å²) in [6.45, 7) is 2.70. The number of rotatable bonds is 8. The Bertz CT molecular complexity index is 864. The van der Waals surface area contributed by atoms with E-state index in [4.69, 9.17) is 9.47 Å². The monoisotopic (exact) mass is 362 g/mol. The third-order valence-corrected chi connectivity index (χ3v) is 3.72. The summed E-state index contributed by atoms with van der Waals surface area (Å²) >= 11 is 0. The van der Waals surface area contributed by atoms with E-state index < -0.39 is 0 Å². The summed E-state index contributed by atoms with van der Waals surface area (Å²) in [7, 11) is 0. The average molecular weight is 362 g/mol. The molecule has 0 saturated heterocycles. The lowest BCUT2D eigenvalue weighted by Gasteiger charge is -2.10. The Morgan fingerprint density at radius 1 is 0.815 bits per heavy atom. The molecule has 1 amide bonds. The van der Waals surface area contributed by atoms with Crippen LogP contribution in [0.25, 0.3) is 0 Å². The van der Waals surface area contributed by atoms with Crippen molar-refractivity contribution in [3.05, 3.63) is 78.9 Å². The van der Waals surface area contributed by atoms with E-state index in [1.807, 2.05) is 85.8 Å². The molecule has 0 aliphatic heterocycles. The molecular formula is C22H22N2O3. The molecule has 27 heavy (non-hydrogen) atoms. The first-order chi connectivity index (χ1) is 13.2. The normalized spacial score (nSPS) is 10.1. The fourth-order valence-corrected chi connectivity index (χ4v) is 2.48. The number of anilines is 2. The zero-order chi connectivity index (χ0) is 18.9. The van der Waals surface area contributed by atoms with Crippen molar-refractivity contribution in [3.8, 4) is 17.2 Å². The number of carbonyl (C=O) groups excluding carboxylic acids is 1.